The first-order valence-corrected chi connectivity index (χ1v) is 9.06. The minimum absolute atomic E-state index is 0.0163. The van der Waals surface area contributed by atoms with Crippen LogP contribution in [0.5, 0.6) is 5.75 Å². The van der Waals surface area contributed by atoms with E-state index in [0.717, 1.165) is 24.2 Å². The van der Waals surface area contributed by atoms with Crippen LogP contribution < -0.4 is 5.32 Å². The lowest BCUT2D eigenvalue weighted by Crippen LogP contribution is -2.23. The number of nitrogens with zero attached hydrogens (tertiary/aromatic N) is 1. The van der Waals surface area contributed by atoms with Gasteiger partial charge in [-0.25, -0.2) is 0 Å². The van der Waals surface area contributed by atoms with E-state index in [4.69, 9.17) is 0 Å². The molecule has 3 nitrogen and oxygen atoms in total. The fraction of sp³-hybridized carbons (Fsp3) is 0.500. The molecule has 136 valence electrons. The van der Waals surface area contributed by atoms with Gasteiger partial charge in [-0.05, 0) is 40.2 Å². The van der Waals surface area contributed by atoms with Crippen molar-refractivity contribution in [3.05, 3.63) is 58.9 Å². The number of hydrogen-bond donors (Lipinski definition) is 2. The predicted molar refractivity (Wildman–Crippen MR) is 105 cm³/mol. The molecule has 1 aromatic carbocycles. The Morgan fingerprint density at radius 1 is 1.00 bits per heavy atom. The van der Waals surface area contributed by atoms with Gasteiger partial charge in [0.1, 0.15) is 5.75 Å². The van der Waals surface area contributed by atoms with Crippen LogP contribution in [0.4, 0.5) is 0 Å². The Morgan fingerprint density at radius 3 is 2.28 bits per heavy atom. The van der Waals surface area contributed by atoms with Crippen molar-refractivity contribution in [2.45, 2.75) is 65.3 Å². The highest BCUT2D eigenvalue weighted by Crippen LogP contribution is 2.36. The molecule has 0 unspecified atom stereocenters. The van der Waals surface area contributed by atoms with Gasteiger partial charge in [0.2, 0.25) is 0 Å². The summed E-state index contributed by atoms with van der Waals surface area (Å²) in [5, 5.41) is 14.1. The van der Waals surface area contributed by atoms with Crippen molar-refractivity contribution in [1.29, 1.82) is 0 Å². The van der Waals surface area contributed by atoms with Crippen LogP contribution in [-0.4, -0.2) is 16.6 Å². The van der Waals surface area contributed by atoms with E-state index in [1.165, 1.54) is 11.1 Å². The molecule has 0 atom stereocenters. The highest BCUT2D eigenvalue weighted by molar-refractivity contribution is 5.47. The van der Waals surface area contributed by atoms with Gasteiger partial charge in [-0.15, -0.1) is 0 Å². The van der Waals surface area contributed by atoms with Crippen LogP contribution >= 0.6 is 0 Å². The molecule has 0 aliphatic heterocycles. The van der Waals surface area contributed by atoms with Gasteiger partial charge in [-0.2, -0.15) is 0 Å². The number of aromatic hydroxyl groups is 1. The van der Waals surface area contributed by atoms with E-state index in [1.54, 1.807) is 0 Å². The second kappa shape index (κ2) is 7.57. The van der Waals surface area contributed by atoms with Crippen LogP contribution in [0.25, 0.3) is 0 Å². The molecule has 1 heterocycles. The van der Waals surface area contributed by atoms with E-state index in [1.807, 2.05) is 30.5 Å². The van der Waals surface area contributed by atoms with E-state index < -0.39 is 0 Å². The first-order chi connectivity index (χ1) is 11.6. The Kier molecular flexibility index (Phi) is 5.89. The molecule has 0 bridgehead atoms. The Morgan fingerprint density at radius 2 is 1.72 bits per heavy atom. The number of nitrogens with one attached hydrogen (secondary N) is 1. The average Bonchev–Trinajstić information content (AvgIpc) is 2.51. The molecule has 0 spiro atoms. The molecule has 0 aliphatic carbocycles. The summed E-state index contributed by atoms with van der Waals surface area (Å²) >= 11 is 0. The largest absolute Gasteiger partial charge is 0.508 e. The lowest BCUT2D eigenvalue weighted by Gasteiger charge is -2.28. The summed E-state index contributed by atoms with van der Waals surface area (Å²) in [6.45, 7) is 14.6. The summed E-state index contributed by atoms with van der Waals surface area (Å²) in [6.07, 6.45) is 2.70. The molecule has 0 fully saturated rings. The minimum Gasteiger partial charge on any atom is -0.508 e. The number of phenolic OH excluding ortho intramolecular Hbond substituents is 1. The van der Waals surface area contributed by atoms with Crippen molar-refractivity contribution in [1.82, 2.24) is 10.3 Å². The molecule has 0 radical (unpaired) electrons. The predicted octanol–water partition coefficient (Wildman–Crippen LogP) is 4.71. The second-order valence-corrected chi connectivity index (χ2v) is 8.77. The van der Waals surface area contributed by atoms with Crippen LogP contribution in [0.1, 0.15) is 63.9 Å². The topological polar surface area (TPSA) is 45.1 Å². The van der Waals surface area contributed by atoms with Gasteiger partial charge in [0.05, 0.1) is 0 Å². The van der Waals surface area contributed by atoms with Gasteiger partial charge in [-0.1, -0.05) is 53.7 Å². The number of benzene rings is 1. The van der Waals surface area contributed by atoms with Crippen molar-refractivity contribution in [3.8, 4) is 5.75 Å². The second-order valence-electron chi connectivity index (χ2n) is 8.77. The Labute approximate surface area is 152 Å². The highest BCUT2D eigenvalue weighted by Gasteiger charge is 2.24. The third kappa shape index (κ3) is 5.30. The lowest BCUT2D eigenvalue weighted by atomic mass is 9.78. The normalized spacial score (nSPS) is 12.4. The zero-order chi connectivity index (χ0) is 18.7. The monoisotopic (exact) mass is 340 g/mol. The molecule has 0 aliphatic rings. The first-order valence-electron chi connectivity index (χ1n) is 9.06. The van der Waals surface area contributed by atoms with Crippen LogP contribution in [0.15, 0.2) is 36.5 Å². The Bertz CT molecular complexity index is 694. The first kappa shape index (κ1) is 19.5. The lowest BCUT2D eigenvalue weighted by molar-refractivity contribution is 0.452. The molecule has 3 heteroatoms. The quantitative estimate of drug-likeness (QED) is 0.775. The van der Waals surface area contributed by atoms with E-state index in [0.29, 0.717) is 12.3 Å². The summed E-state index contributed by atoms with van der Waals surface area (Å²) in [5.41, 5.74) is 4.47. The summed E-state index contributed by atoms with van der Waals surface area (Å²) in [4.78, 5) is 4.35. The third-order valence-electron chi connectivity index (χ3n) is 4.49. The standard InChI is InChI=1S/C22H32N2O/c1-21(2,3)16-13-19(22(4,5)6)18(20(25)14-16)15-23-12-10-17-9-7-8-11-24-17/h7-9,11,13-14,23,25H,10,12,15H2,1-6H3. The van der Waals surface area contributed by atoms with Gasteiger partial charge in [0.15, 0.2) is 0 Å². The van der Waals surface area contributed by atoms with Crippen molar-refractivity contribution in [3.63, 3.8) is 0 Å². The summed E-state index contributed by atoms with van der Waals surface area (Å²) in [7, 11) is 0. The van der Waals surface area contributed by atoms with Gasteiger partial charge in [0, 0.05) is 37.0 Å². The van der Waals surface area contributed by atoms with Gasteiger partial charge < -0.3 is 10.4 Å². The molecule has 1 aromatic heterocycles. The summed E-state index contributed by atoms with van der Waals surface area (Å²) in [6, 6.07) is 10.2. The van der Waals surface area contributed by atoms with Crippen LogP contribution in [0.3, 0.4) is 0 Å². The molecule has 0 saturated heterocycles. The number of phenols is 1. The van der Waals surface area contributed by atoms with Gasteiger partial charge in [-0.3, -0.25) is 4.98 Å². The van der Waals surface area contributed by atoms with Crippen molar-refractivity contribution < 1.29 is 5.11 Å². The van der Waals surface area contributed by atoms with E-state index in [-0.39, 0.29) is 10.8 Å². The Balaban J connectivity index is 2.16. The summed E-state index contributed by atoms with van der Waals surface area (Å²) < 4.78 is 0. The molecule has 0 amide bonds. The average molecular weight is 341 g/mol. The molecule has 25 heavy (non-hydrogen) atoms. The van der Waals surface area contributed by atoms with Crippen molar-refractivity contribution >= 4 is 0 Å². The van der Waals surface area contributed by atoms with Gasteiger partial charge in [0.25, 0.3) is 0 Å². The smallest absolute Gasteiger partial charge is 0.120 e. The number of aromatic nitrogens is 1. The van der Waals surface area contributed by atoms with Crippen molar-refractivity contribution in [2.24, 2.45) is 0 Å². The van der Waals surface area contributed by atoms with Gasteiger partial charge >= 0.3 is 0 Å². The molecular formula is C22H32N2O. The number of hydrogen-bond acceptors (Lipinski definition) is 3. The minimum atomic E-state index is -0.0171. The maximum Gasteiger partial charge on any atom is 0.120 e. The fourth-order valence-electron chi connectivity index (χ4n) is 2.92. The molecule has 0 saturated carbocycles. The third-order valence-corrected chi connectivity index (χ3v) is 4.49. The van der Waals surface area contributed by atoms with Crippen LogP contribution in [0.2, 0.25) is 0 Å². The van der Waals surface area contributed by atoms with E-state index in [9.17, 15) is 5.11 Å². The van der Waals surface area contributed by atoms with Crippen LogP contribution in [-0.2, 0) is 23.8 Å². The maximum absolute atomic E-state index is 10.7. The molecular weight excluding hydrogens is 308 g/mol. The molecule has 2 N–H and O–H groups in total. The molecule has 2 aromatic rings. The maximum atomic E-state index is 10.7. The SMILES string of the molecule is CC(C)(C)c1cc(O)c(CNCCc2ccccn2)c(C(C)(C)C)c1. The highest BCUT2D eigenvalue weighted by atomic mass is 16.3. The zero-order valence-corrected chi connectivity index (χ0v) is 16.5. The number of pyridine rings is 1. The zero-order valence-electron chi connectivity index (χ0n) is 16.5. The van der Waals surface area contributed by atoms with E-state index >= 15 is 0 Å². The van der Waals surface area contributed by atoms with Crippen LogP contribution in [0, 0.1) is 0 Å². The summed E-state index contributed by atoms with van der Waals surface area (Å²) in [5.74, 6) is 0.391. The number of rotatable bonds is 5. The van der Waals surface area contributed by atoms with E-state index in [2.05, 4.69) is 57.9 Å². The fourth-order valence-corrected chi connectivity index (χ4v) is 2.92. The molecule has 2 rings (SSSR count). The van der Waals surface area contributed by atoms with Crippen molar-refractivity contribution in [2.75, 3.05) is 6.54 Å². The Hall–Kier alpha value is -1.87.